The molecule has 1 rings (SSSR count). The quantitative estimate of drug-likeness (QED) is 0.568. The van der Waals surface area contributed by atoms with Crippen molar-refractivity contribution < 1.29 is 0 Å². The Kier molecular flexibility index (Phi) is 4.11. The van der Waals surface area contributed by atoms with Gasteiger partial charge in [0.2, 0.25) is 0 Å². The third-order valence-electron chi connectivity index (χ3n) is 2.37. The highest BCUT2D eigenvalue weighted by molar-refractivity contribution is 5.24. The van der Waals surface area contributed by atoms with Gasteiger partial charge in [0, 0.05) is 6.04 Å². The Morgan fingerprint density at radius 2 is 1.71 bits per heavy atom. The summed E-state index contributed by atoms with van der Waals surface area (Å²) >= 11 is 0. The molecule has 2 heteroatoms. The largest absolute Gasteiger partial charge is 0.271 e. The van der Waals surface area contributed by atoms with E-state index in [9.17, 15) is 0 Å². The van der Waals surface area contributed by atoms with Crippen LogP contribution in [0.15, 0.2) is 24.3 Å². The summed E-state index contributed by atoms with van der Waals surface area (Å²) in [5, 5.41) is 0. The van der Waals surface area contributed by atoms with Crippen LogP contribution in [0.4, 0.5) is 0 Å². The monoisotopic (exact) mass is 192 g/mol. The molecule has 0 saturated carbocycles. The molecule has 0 aliphatic carbocycles. The van der Waals surface area contributed by atoms with Crippen LogP contribution in [0.3, 0.4) is 0 Å². The smallest absolute Gasteiger partial charge is 0.0431 e. The van der Waals surface area contributed by atoms with Gasteiger partial charge in [0.15, 0.2) is 0 Å². The molecular formula is C12H20N2. The first kappa shape index (κ1) is 11.2. The maximum Gasteiger partial charge on any atom is 0.0431 e. The van der Waals surface area contributed by atoms with E-state index in [1.54, 1.807) is 0 Å². The van der Waals surface area contributed by atoms with Crippen LogP contribution >= 0.6 is 0 Å². The van der Waals surface area contributed by atoms with Crippen LogP contribution in [0.5, 0.6) is 0 Å². The zero-order valence-corrected chi connectivity index (χ0v) is 9.25. The summed E-state index contributed by atoms with van der Waals surface area (Å²) in [6.07, 6.45) is 1.14. The highest BCUT2D eigenvalue weighted by atomic mass is 15.2. The summed E-state index contributed by atoms with van der Waals surface area (Å²) in [7, 11) is 0. The van der Waals surface area contributed by atoms with Crippen LogP contribution in [-0.2, 0) is 6.42 Å². The number of hydrogen-bond donors (Lipinski definition) is 2. The molecule has 0 bridgehead atoms. The second-order valence-corrected chi connectivity index (χ2v) is 4.23. The first-order valence-corrected chi connectivity index (χ1v) is 5.18. The van der Waals surface area contributed by atoms with Crippen molar-refractivity contribution in [2.45, 2.75) is 33.2 Å². The summed E-state index contributed by atoms with van der Waals surface area (Å²) < 4.78 is 0. The minimum Gasteiger partial charge on any atom is -0.271 e. The molecule has 14 heavy (non-hydrogen) atoms. The van der Waals surface area contributed by atoms with Gasteiger partial charge in [0.25, 0.3) is 0 Å². The van der Waals surface area contributed by atoms with Crippen molar-refractivity contribution in [1.29, 1.82) is 0 Å². The van der Waals surface area contributed by atoms with Gasteiger partial charge in [-0.25, -0.2) is 0 Å². The van der Waals surface area contributed by atoms with Crippen molar-refractivity contribution in [3.63, 3.8) is 0 Å². The molecule has 0 aliphatic rings. The van der Waals surface area contributed by atoms with Gasteiger partial charge in [0.1, 0.15) is 0 Å². The van der Waals surface area contributed by atoms with E-state index < -0.39 is 0 Å². The molecule has 1 aromatic carbocycles. The maximum absolute atomic E-state index is 5.37. The molecule has 0 saturated heterocycles. The zero-order chi connectivity index (χ0) is 10.6. The molecule has 0 aromatic heterocycles. The molecular weight excluding hydrogens is 172 g/mol. The number of hydrazine groups is 1. The predicted octanol–water partition coefficient (Wildman–Crippen LogP) is 2.41. The van der Waals surface area contributed by atoms with Gasteiger partial charge in [0.05, 0.1) is 0 Å². The van der Waals surface area contributed by atoms with E-state index in [0.717, 1.165) is 6.42 Å². The van der Waals surface area contributed by atoms with Crippen molar-refractivity contribution in [3.8, 4) is 0 Å². The summed E-state index contributed by atoms with van der Waals surface area (Å²) in [5.41, 5.74) is 5.37. The van der Waals surface area contributed by atoms with Crippen molar-refractivity contribution in [1.82, 2.24) is 5.43 Å². The summed E-state index contributed by atoms with van der Waals surface area (Å²) in [6.45, 7) is 6.52. The number of hydrogen-bond acceptors (Lipinski definition) is 2. The molecule has 1 atom stereocenters. The lowest BCUT2D eigenvalue weighted by Gasteiger charge is -2.11. The van der Waals surface area contributed by atoms with E-state index in [4.69, 9.17) is 5.84 Å². The van der Waals surface area contributed by atoms with Crippen molar-refractivity contribution >= 4 is 0 Å². The first-order chi connectivity index (χ1) is 6.63. The topological polar surface area (TPSA) is 38.0 Å². The summed E-state index contributed by atoms with van der Waals surface area (Å²) in [6, 6.07) is 8.87. The highest BCUT2D eigenvalue weighted by Gasteiger charge is 2.02. The van der Waals surface area contributed by atoms with Gasteiger partial charge < -0.3 is 0 Å². The van der Waals surface area contributed by atoms with E-state index in [2.05, 4.69) is 50.5 Å². The minimum atomic E-state index is 0.225. The molecule has 0 heterocycles. The second kappa shape index (κ2) is 5.13. The molecule has 0 fully saturated rings. The fourth-order valence-corrected chi connectivity index (χ4v) is 1.51. The van der Waals surface area contributed by atoms with Crippen molar-refractivity contribution in [3.05, 3.63) is 35.4 Å². The van der Waals surface area contributed by atoms with Crippen LogP contribution < -0.4 is 11.3 Å². The van der Waals surface area contributed by atoms with E-state index in [1.807, 2.05) is 0 Å². The molecule has 3 N–H and O–H groups in total. The van der Waals surface area contributed by atoms with Gasteiger partial charge in [-0.1, -0.05) is 38.1 Å². The zero-order valence-electron chi connectivity index (χ0n) is 9.25. The minimum absolute atomic E-state index is 0.225. The van der Waals surface area contributed by atoms with Crippen LogP contribution in [0.1, 0.15) is 37.9 Å². The summed E-state index contributed by atoms with van der Waals surface area (Å²) in [5.74, 6) is 6.09. The van der Waals surface area contributed by atoms with Crippen LogP contribution in [-0.4, -0.2) is 0 Å². The molecule has 0 amide bonds. The Labute approximate surface area is 86.5 Å². The average Bonchev–Trinajstić information content (AvgIpc) is 2.17. The SMILES string of the molecule is CC(C)Cc1ccc([C@H](C)NN)cc1. The molecule has 1 aromatic rings. The summed E-state index contributed by atoms with van der Waals surface area (Å²) in [4.78, 5) is 0. The molecule has 0 spiro atoms. The van der Waals surface area contributed by atoms with Gasteiger partial charge in [-0.15, -0.1) is 0 Å². The lowest BCUT2D eigenvalue weighted by atomic mass is 10.0. The van der Waals surface area contributed by atoms with E-state index in [-0.39, 0.29) is 6.04 Å². The molecule has 0 aliphatic heterocycles. The lowest BCUT2D eigenvalue weighted by Crippen LogP contribution is -2.25. The Morgan fingerprint density at radius 1 is 1.14 bits per heavy atom. The van der Waals surface area contributed by atoms with Crippen LogP contribution in [0.25, 0.3) is 0 Å². The third-order valence-corrected chi connectivity index (χ3v) is 2.37. The van der Waals surface area contributed by atoms with Crippen LogP contribution in [0, 0.1) is 5.92 Å². The lowest BCUT2D eigenvalue weighted by molar-refractivity contribution is 0.601. The first-order valence-electron chi connectivity index (χ1n) is 5.18. The van der Waals surface area contributed by atoms with E-state index in [0.29, 0.717) is 5.92 Å². The fraction of sp³-hybridized carbons (Fsp3) is 0.500. The van der Waals surface area contributed by atoms with Gasteiger partial charge in [-0.05, 0) is 30.4 Å². The van der Waals surface area contributed by atoms with Crippen molar-refractivity contribution in [2.24, 2.45) is 11.8 Å². The standard InChI is InChI=1S/C12H20N2/c1-9(2)8-11-4-6-12(7-5-11)10(3)14-13/h4-7,9-10,14H,8,13H2,1-3H3/t10-/m0/s1. The Hall–Kier alpha value is -0.860. The second-order valence-electron chi connectivity index (χ2n) is 4.23. The number of nitrogens with one attached hydrogen (secondary N) is 1. The molecule has 78 valence electrons. The number of nitrogens with two attached hydrogens (primary N) is 1. The highest BCUT2D eigenvalue weighted by Crippen LogP contribution is 2.14. The maximum atomic E-state index is 5.37. The Balaban J connectivity index is 2.68. The van der Waals surface area contributed by atoms with Gasteiger partial charge >= 0.3 is 0 Å². The van der Waals surface area contributed by atoms with Crippen LogP contribution in [0.2, 0.25) is 0 Å². The molecule has 2 nitrogen and oxygen atoms in total. The Bertz CT molecular complexity index is 264. The normalized spacial score (nSPS) is 13.2. The van der Waals surface area contributed by atoms with E-state index in [1.165, 1.54) is 11.1 Å². The Morgan fingerprint density at radius 3 is 2.14 bits per heavy atom. The fourth-order valence-electron chi connectivity index (χ4n) is 1.51. The third kappa shape index (κ3) is 3.13. The number of rotatable bonds is 4. The van der Waals surface area contributed by atoms with E-state index >= 15 is 0 Å². The van der Waals surface area contributed by atoms with Gasteiger partial charge in [-0.3, -0.25) is 11.3 Å². The predicted molar refractivity (Wildman–Crippen MR) is 60.7 cm³/mol. The number of benzene rings is 1. The molecule has 0 radical (unpaired) electrons. The average molecular weight is 192 g/mol. The molecule has 0 unspecified atom stereocenters. The van der Waals surface area contributed by atoms with Crippen molar-refractivity contribution in [2.75, 3.05) is 0 Å². The van der Waals surface area contributed by atoms with Gasteiger partial charge in [-0.2, -0.15) is 0 Å².